The number of rotatable bonds is 5. The SMILES string of the molecule is CCOc1ccc(C(=O)NC(=S)Nc2ccccc2N2CCC(C)CC2)cc1Cl. The summed E-state index contributed by atoms with van der Waals surface area (Å²) in [5.41, 5.74) is 2.40. The molecule has 0 spiro atoms. The lowest BCUT2D eigenvalue weighted by Gasteiger charge is -2.33. The van der Waals surface area contributed by atoms with Gasteiger partial charge in [0.05, 0.1) is 23.0 Å². The summed E-state index contributed by atoms with van der Waals surface area (Å²) in [5, 5.41) is 6.53. The lowest BCUT2D eigenvalue weighted by molar-refractivity contribution is 0.0977. The number of piperidine rings is 1. The minimum absolute atomic E-state index is 0.248. The van der Waals surface area contributed by atoms with Gasteiger partial charge in [0.2, 0.25) is 0 Å². The van der Waals surface area contributed by atoms with E-state index >= 15 is 0 Å². The molecule has 29 heavy (non-hydrogen) atoms. The van der Waals surface area contributed by atoms with Gasteiger partial charge in [-0.05, 0) is 68.2 Å². The van der Waals surface area contributed by atoms with E-state index in [1.807, 2.05) is 25.1 Å². The Morgan fingerprint density at radius 3 is 2.66 bits per heavy atom. The Morgan fingerprint density at radius 1 is 1.24 bits per heavy atom. The summed E-state index contributed by atoms with van der Waals surface area (Å²) >= 11 is 11.5. The first-order chi connectivity index (χ1) is 14.0. The number of benzene rings is 2. The highest BCUT2D eigenvalue weighted by Gasteiger charge is 2.19. The van der Waals surface area contributed by atoms with E-state index in [4.69, 9.17) is 28.6 Å². The van der Waals surface area contributed by atoms with Crippen LogP contribution < -0.4 is 20.3 Å². The minimum Gasteiger partial charge on any atom is -0.492 e. The lowest BCUT2D eigenvalue weighted by Crippen LogP contribution is -2.36. The summed E-state index contributed by atoms with van der Waals surface area (Å²) in [7, 11) is 0. The van der Waals surface area contributed by atoms with Crippen LogP contribution in [0.15, 0.2) is 42.5 Å². The summed E-state index contributed by atoms with van der Waals surface area (Å²) < 4.78 is 5.40. The third-order valence-corrected chi connectivity index (χ3v) is 5.50. The predicted octanol–water partition coefficient (Wildman–Crippen LogP) is 5.10. The molecule has 2 aromatic carbocycles. The third kappa shape index (κ3) is 5.61. The summed E-state index contributed by atoms with van der Waals surface area (Å²) in [6, 6.07) is 12.9. The second kappa shape index (κ2) is 9.94. The maximum Gasteiger partial charge on any atom is 0.257 e. The Hall–Kier alpha value is -2.31. The molecule has 1 heterocycles. The molecule has 1 aliphatic heterocycles. The van der Waals surface area contributed by atoms with Gasteiger partial charge >= 0.3 is 0 Å². The normalized spacial score (nSPS) is 14.4. The molecular weight excluding hydrogens is 406 g/mol. The fourth-order valence-corrected chi connectivity index (χ4v) is 3.79. The number of nitrogens with one attached hydrogen (secondary N) is 2. The zero-order valence-corrected chi connectivity index (χ0v) is 18.3. The molecule has 5 nitrogen and oxygen atoms in total. The monoisotopic (exact) mass is 431 g/mol. The molecule has 2 N–H and O–H groups in total. The van der Waals surface area contributed by atoms with Crippen molar-refractivity contribution < 1.29 is 9.53 Å². The summed E-state index contributed by atoms with van der Waals surface area (Å²) in [4.78, 5) is 14.9. The van der Waals surface area contributed by atoms with E-state index in [1.54, 1.807) is 18.2 Å². The molecule has 0 saturated carbocycles. The molecule has 154 valence electrons. The maximum absolute atomic E-state index is 12.5. The zero-order valence-electron chi connectivity index (χ0n) is 16.7. The fourth-order valence-electron chi connectivity index (χ4n) is 3.35. The average Bonchev–Trinajstić information content (AvgIpc) is 2.70. The Balaban J connectivity index is 1.65. The number of hydrogen-bond donors (Lipinski definition) is 2. The number of amides is 1. The standard InChI is InChI=1S/C22H26ClN3O2S/c1-3-28-20-9-8-16(14-17(20)23)21(27)25-22(29)24-18-6-4-5-7-19(18)26-12-10-15(2)11-13-26/h4-9,14-15H,3,10-13H2,1-2H3,(H2,24,25,27,29). The van der Waals surface area contributed by atoms with Crippen LogP contribution in [0.25, 0.3) is 0 Å². The smallest absolute Gasteiger partial charge is 0.257 e. The maximum atomic E-state index is 12.5. The predicted molar refractivity (Wildman–Crippen MR) is 123 cm³/mol. The molecule has 0 aromatic heterocycles. The number of anilines is 2. The first-order valence-corrected chi connectivity index (χ1v) is 10.6. The molecule has 2 aromatic rings. The highest BCUT2D eigenvalue weighted by Crippen LogP contribution is 2.30. The van der Waals surface area contributed by atoms with Crippen LogP contribution in [0.4, 0.5) is 11.4 Å². The fraction of sp³-hybridized carbons (Fsp3) is 0.364. The molecule has 3 rings (SSSR count). The van der Waals surface area contributed by atoms with Crippen LogP contribution in [-0.2, 0) is 0 Å². The first-order valence-electron chi connectivity index (χ1n) is 9.86. The van der Waals surface area contributed by atoms with Crippen molar-refractivity contribution >= 4 is 46.2 Å². The van der Waals surface area contributed by atoms with Crippen LogP contribution >= 0.6 is 23.8 Å². The molecule has 1 fully saturated rings. The number of halogens is 1. The second-order valence-corrected chi connectivity index (χ2v) is 7.99. The number of nitrogens with zero attached hydrogens (tertiary/aromatic N) is 1. The first kappa shape index (κ1) is 21.4. The highest BCUT2D eigenvalue weighted by molar-refractivity contribution is 7.80. The average molecular weight is 432 g/mol. The Morgan fingerprint density at radius 2 is 1.97 bits per heavy atom. The number of carbonyl (C=O) groups is 1. The van der Waals surface area contributed by atoms with Gasteiger partial charge in [-0.15, -0.1) is 0 Å². The van der Waals surface area contributed by atoms with Crippen molar-refractivity contribution in [1.29, 1.82) is 0 Å². The van der Waals surface area contributed by atoms with Gasteiger partial charge in [-0.25, -0.2) is 0 Å². The van der Waals surface area contributed by atoms with Crippen molar-refractivity contribution in [2.45, 2.75) is 26.7 Å². The van der Waals surface area contributed by atoms with Crippen LogP contribution in [0, 0.1) is 5.92 Å². The van der Waals surface area contributed by atoms with Gasteiger partial charge < -0.3 is 15.0 Å². The van der Waals surface area contributed by atoms with E-state index in [2.05, 4.69) is 28.5 Å². The van der Waals surface area contributed by atoms with Gasteiger partial charge in [0.15, 0.2) is 5.11 Å². The van der Waals surface area contributed by atoms with E-state index in [1.165, 1.54) is 12.8 Å². The van der Waals surface area contributed by atoms with Gasteiger partial charge in [0.25, 0.3) is 5.91 Å². The van der Waals surface area contributed by atoms with Crippen LogP contribution in [0.1, 0.15) is 37.0 Å². The molecule has 0 radical (unpaired) electrons. The highest BCUT2D eigenvalue weighted by atomic mass is 35.5. The van der Waals surface area contributed by atoms with E-state index < -0.39 is 0 Å². The van der Waals surface area contributed by atoms with E-state index in [9.17, 15) is 4.79 Å². The van der Waals surface area contributed by atoms with Crippen molar-refractivity contribution in [3.05, 3.63) is 53.1 Å². The largest absolute Gasteiger partial charge is 0.492 e. The zero-order chi connectivity index (χ0) is 20.8. The Kier molecular flexibility index (Phi) is 7.34. The van der Waals surface area contributed by atoms with Gasteiger partial charge in [-0.3, -0.25) is 10.1 Å². The van der Waals surface area contributed by atoms with Gasteiger partial charge in [0.1, 0.15) is 5.75 Å². The van der Waals surface area contributed by atoms with Crippen LogP contribution in [0.5, 0.6) is 5.75 Å². The Labute approximate surface area is 182 Å². The van der Waals surface area contributed by atoms with Crippen LogP contribution in [0.3, 0.4) is 0 Å². The number of thiocarbonyl (C=S) groups is 1. The molecule has 1 aliphatic rings. The van der Waals surface area contributed by atoms with Crippen LogP contribution in [0.2, 0.25) is 5.02 Å². The second-order valence-electron chi connectivity index (χ2n) is 7.17. The summed E-state index contributed by atoms with van der Waals surface area (Å²) in [6.45, 7) is 6.71. The van der Waals surface area contributed by atoms with Crippen molar-refractivity contribution in [1.82, 2.24) is 5.32 Å². The number of hydrogen-bond acceptors (Lipinski definition) is 4. The van der Waals surface area contributed by atoms with E-state index in [0.717, 1.165) is 30.4 Å². The third-order valence-electron chi connectivity index (χ3n) is 5.00. The van der Waals surface area contributed by atoms with Crippen LogP contribution in [-0.4, -0.2) is 30.7 Å². The van der Waals surface area contributed by atoms with Crippen molar-refractivity contribution in [3.8, 4) is 5.75 Å². The molecule has 0 aliphatic carbocycles. The molecular formula is C22H26ClN3O2S. The molecule has 1 amide bonds. The van der Waals surface area contributed by atoms with Gasteiger partial charge in [-0.2, -0.15) is 0 Å². The summed E-state index contributed by atoms with van der Waals surface area (Å²) in [6.07, 6.45) is 2.35. The van der Waals surface area contributed by atoms with E-state index in [0.29, 0.717) is 22.9 Å². The van der Waals surface area contributed by atoms with E-state index in [-0.39, 0.29) is 11.0 Å². The molecule has 7 heteroatoms. The van der Waals surface area contributed by atoms with Gasteiger partial charge in [-0.1, -0.05) is 30.7 Å². The minimum atomic E-state index is -0.322. The number of carbonyl (C=O) groups excluding carboxylic acids is 1. The number of ether oxygens (including phenoxy) is 1. The quantitative estimate of drug-likeness (QED) is 0.645. The molecule has 0 atom stereocenters. The number of para-hydroxylation sites is 2. The molecule has 1 saturated heterocycles. The Bertz CT molecular complexity index is 882. The van der Waals surface area contributed by atoms with Crippen molar-refractivity contribution in [3.63, 3.8) is 0 Å². The molecule has 0 unspecified atom stereocenters. The summed E-state index contributed by atoms with van der Waals surface area (Å²) in [5.74, 6) is 0.987. The molecule has 0 bridgehead atoms. The van der Waals surface area contributed by atoms with Crippen molar-refractivity contribution in [2.24, 2.45) is 5.92 Å². The van der Waals surface area contributed by atoms with Gasteiger partial charge in [0, 0.05) is 18.7 Å². The lowest BCUT2D eigenvalue weighted by atomic mass is 9.98. The van der Waals surface area contributed by atoms with Crippen molar-refractivity contribution in [2.75, 3.05) is 29.9 Å². The topological polar surface area (TPSA) is 53.6 Å².